The molecule has 218 valence electrons. The summed E-state index contributed by atoms with van der Waals surface area (Å²) in [6.07, 6.45) is 14.9. The van der Waals surface area contributed by atoms with E-state index >= 15 is 0 Å². The van der Waals surface area contributed by atoms with Gasteiger partial charge in [-0.2, -0.15) is 0 Å². The highest BCUT2D eigenvalue weighted by atomic mass is 32.2. The third-order valence-corrected chi connectivity index (χ3v) is 11.5. The molecule has 0 saturated heterocycles. The van der Waals surface area contributed by atoms with Crippen LogP contribution in [0.25, 0.3) is 0 Å². The maximum absolute atomic E-state index is 13.0. The Morgan fingerprint density at radius 2 is 1.87 bits per heavy atom. The first kappa shape index (κ1) is 30.5. The third kappa shape index (κ3) is 7.63. The van der Waals surface area contributed by atoms with Crippen LogP contribution < -0.4 is 4.72 Å². The fraction of sp³-hybridized carbons (Fsp3) is 0.697. The van der Waals surface area contributed by atoms with Crippen LogP contribution in [0.5, 0.6) is 0 Å². The number of hydrogen-bond acceptors (Lipinski definition) is 4. The van der Waals surface area contributed by atoms with Crippen molar-refractivity contribution in [3.05, 3.63) is 53.1 Å². The lowest BCUT2D eigenvalue weighted by atomic mass is 9.60. The van der Waals surface area contributed by atoms with Crippen LogP contribution in [0.1, 0.15) is 104 Å². The predicted molar refractivity (Wildman–Crippen MR) is 159 cm³/mol. The molecule has 6 heteroatoms. The van der Waals surface area contributed by atoms with Crippen molar-refractivity contribution >= 4 is 10.0 Å². The molecule has 5 nitrogen and oxygen atoms in total. The summed E-state index contributed by atoms with van der Waals surface area (Å²) in [5.41, 5.74) is 3.43. The fourth-order valence-electron chi connectivity index (χ4n) is 7.93. The van der Waals surface area contributed by atoms with Gasteiger partial charge < -0.3 is 10.2 Å². The van der Waals surface area contributed by atoms with Gasteiger partial charge in [0, 0.05) is 6.04 Å². The van der Waals surface area contributed by atoms with Gasteiger partial charge in [0.05, 0.1) is 16.6 Å². The average Bonchev–Trinajstić information content (AvgIpc) is 3.19. The number of aliphatic hydroxyl groups excluding tert-OH is 1. The molecule has 1 aromatic rings. The van der Waals surface area contributed by atoms with E-state index in [1.807, 2.05) is 32.9 Å². The maximum atomic E-state index is 13.0. The minimum Gasteiger partial charge on any atom is -0.393 e. The van der Waals surface area contributed by atoms with Crippen molar-refractivity contribution in [3.8, 4) is 0 Å². The Kier molecular flexibility index (Phi) is 9.52. The summed E-state index contributed by atoms with van der Waals surface area (Å²) >= 11 is 0. The molecule has 39 heavy (non-hydrogen) atoms. The number of aliphatic hydroxyl groups is 2. The number of allylic oxidation sites excluding steroid dienone is 3. The van der Waals surface area contributed by atoms with E-state index in [0.29, 0.717) is 36.5 Å². The molecule has 3 aliphatic rings. The first-order valence-electron chi connectivity index (χ1n) is 15.1. The molecule has 4 rings (SSSR count). The highest BCUT2D eigenvalue weighted by Crippen LogP contribution is 2.60. The molecular formula is C33H51NO4S. The maximum Gasteiger partial charge on any atom is 0.240 e. The lowest BCUT2D eigenvalue weighted by Gasteiger charge is -2.44. The summed E-state index contributed by atoms with van der Waals surface area (Å²) in [7, 11) is -3.63. The smallest absolute Gasteiger partial charge is 0.240 e. The summed E-state index contributed by atoms with van der Waals surface area (Å²) in [5.74, 6) is 1.99. The van der Waals surface area contributed by atoms with Crippen LogP contribution in [0.3, 0.4) is 0 Å². The Bertz CT molecular complexity index is 1150. The van der Waals surface area contributed by atoms with Crippen molar-refractivity contribution in [2.45, 2.75) is 128 Å². The van der Waals surface area contributed by atoms with Gasteiger partial charge in [-0.1, -0.05) is 67.7 Å². The van der Waals surface area contributed by atoms with Crippen molar-refractivity contribution in [2.24, 2.45) is 23.2 Å². The SMILES string of the molecule is Cc1ccc(S(=O)(=O)NC2C/C(=C\C=C3/CCC[C@]4(C)[C@@H]([C@H](C)CCCC(C)(C)O)CC[C@@H]34)C[C@@H](O)C2)cc1. The molecule has 1 aromatic carbocycles. The normalized spacial score (nSPS) is 32.9. The molecular weight excluding hydrogens is 506 g/mol. The second kappa shape index (κ2) is 12.2. The number of fused-ring (bicyclic) bond motifs is 1. The van der Waals surface area contributed by atoms with Gasteiger partial charge in [-0.25, -0.2) is 13.1 Å². The first-order chi connectivity index (χ1) is 18.3. The van der Waals surface area contributed by atoms with E-state index in [4.69, 9.17) is 0 Å². The summed E-state index contributed by atoms with van der Waals surface area (Å²) in [6, 6.07) is 6.60. The van der Waals surface area contributed by atoms with E-state index in [9.17, 15) is 18.6 Å². The number of rotatable bonds is 9. The second-order valence-electron chi connectivity index (χ2n) is 13.8. The van der Waals surface area contributed by atoms with Crippen molar-refractivity contribution in [1.29, 1.82) is 0 Å². The molecule has 3 aliphatic carbocycles. The standard InChI is InChI=1S/C33H51NO4S/c1-23-10-14-29(15-11-23)39(37,38)34-27-20-25(21-28(35)22-27)12-13-26-9-7-19-33(5)30(16-17-31(26)33)24(2)8-6-18-32(3,4)36/h10-15,24,27-28,30-31,34-36H,6-9,16-22H2,1-5H3/b25-12+,26-13+/t24-,27?,28-,30-,31+,33-/m1/s1. The van der Waals surface area contributed by atoms with Crippen molar-refractivity contribution in [1.82, 2.24) is 4.72 Å². The molecule has 1 unspecified atom stereocenters. The number of aryl methyl sites for hydroxylation is 1. The molecule has 3 N–H and O–H groups in total. The van der Waals surface area contributed by atoms with Gasteiger partial charge in [0.25, 0.3) is 0 Å². The summed E-state index contributed by atoms with van der Waals surface area (Å²) in [4.78, 5) is 0.271. The molecule has 0 spiro atoms. The largest absolute Gasteiger partial charge is 0.393 e. The minimum atomic E-state index is -3.63. The van der Waals surface area contributed by atoms with Crippen LogP contribution in [0.2, 0.25) is 0 Å². The molecule has 0 bridgehead atoms. The average molecular weight is 558 g/mol. The molecule has 0 aliphatic heterocycles. The Morgan fingerprint density at radius 1 is 1.15 bits per heavy atom. The zero-order valence-electron chi connectivity index (χ0n) is 24.7. The Balaban J connectivity index is 1.42. The van der Waals surface area contributed by atoms with E-state index < -0.39 is 21.7 Å². The van der Waals surface area contributed by atoms with Crippen molar-refractivity contribution < 1.29 is 18.6 Å². The Labute approximate surface area is 237 Å². The lowest BCUT2D eigenvalue weighted by molar-refractivity contribution is 0.0596. The predicted octanol–water partition coefficient (Wildman–Crippen LogP) is 6.83. The van der Waals surface area contributed by atoms with E-state index in [0.717, 1.165) is 36.3 Å². The van der Waals surface area contributed by atoms with Gasteiger partial charge in [-0.15, -0.1) is 0 Å². The third-order valence-electron chi connectivity index (χ3n) is 9.92. The van der Waals surface area contributed by atoms with Gasteiger partial charge >= 0.3 is 0 Å². The molecule has 0 amide bonds. The van der Waals surface area contributed by atoms with Gasteiger partial charge in [0.1, 0.15) is 0 Å². The number of nitrogens with one attached hydrogen (secondary N) is 1. The van der Waals surface area contributed by atoms with Crippen LogP contribution in [0.15, 0.2) is 52.5 Å². The molecule has 0 heterocycles. The summed E-state index contributed by atoms with van der Waals surface area (Å²) < 4.78 is 28.8. The Morgan fingerprint density at radius 3 is 2.56 bits per heavy atom. The summed E-state index contributed by atoms with van der Waals surface area (Å²) in [6.45, 7) is 10.7. The number of hydrogen-bond donors (Lipinski definition) is 3. The van der Waals surface area contributed by atoms with Crippen LogP contribution in [-0.4, -0.2) is 36.4 Å². The van der Waals surface area contributed by atoms with Gasteiger partial charge in [0.15, 0.2) is 0 Å². The molecule has 3 fully saturated rings. The Hall–Kier alpha value is -1.47. The van der Waals surface area contributed by atoms with Gasteiger partial charge in [-0.05, 0) is 114 Å². The molecule has 0 aromatic heterocycles. The summed E-state index contributed by atoms with van der Waals surface area (Å²) in [5, 5.41) is 20.7. The lowest BCUT2D eigenvalue weighted by Crippen LogP contribution is -2.40. The number of sulfonamides is 1. The van der Waals surface area contributed by atoms with E-state index in [-0.39, 0.29) is 10.9 Å². The molecule has 3 saturated carbocycles. The second-order valence-corrected chi connectivity index (χ2v) is 15.5. The van der Waals surface area contributed by atoms with E-state index in [1.165, 1.54) is 32.1 Å². The topological polar surface area (TPSA) is 86.6 Å². The van der Waals surface area contributed by atoms with Crippen molar-refractivity contribution in [2.75, 3.05) is 0 Å². The highest BCUT2D eigenvalue weighted by molar-refractivity contribution is 7.89. The van der Waals surface area contributed by atoms with Gasteiger partial charge in [0.2, 0.25) is 10.0 Å². The van der Waals surface area contributed by atoms with Crippen LogP contribution in [0.4, 0.5) is 0 Å². The number of benzene rings is 1. The van der Waals surface area contributed by atoms with Gasteiger partial charge in [-0.3, -0.25) is 0 Å². The van der Waals surface area contributed by atoms with E-state index in [1.54, 1.807) is 17.7 Å². The first-order valence-corrected chi connectivity index (χ1v) is 16.6. The van der Waals surface area contributed by atoms with Crippen LogP contribution in [0, 0.1) is 30.1 Å². The van der Waals surface area contributed by atoms with E-state index in [2.05, 4.69) is 30.7 Å². The van der Waals surface area contributed by atoms with Crippen LogP contribution >= 0.6 is 0 Å². The highest BCUT2D eigenvalue weighted by Gasteiger charge is 2.50. The molecule has 6 atom stereocenters. The molecule has 0 radical (unpaired) electrons. The zero-order chi connectivity index (χ0) is 28.4. The fourth-order valence-corrected chi connectivity index (χ4v) is 9.17. The zero-order valence-corrected chi connectivity index (χ0v) is 25.6. The monoisotopic (exact) mass is 557 g/mol. The minimum absolute atomic E-state index is 0.271. The van der Waals surface area contributed by atoms with Crippen LogP contribution in [-0.2, 0) is 10.0 Å². The van der Waals surface area contributed by atoms with Crippen molar-refractivity contribution in [3.63, 3.8) is 0 Å². The quantitative estimate of drug-likeness (QED) is 0.310.